The van der Waals surface area contributed by atoms with E-state index in [1.807, 2.05) is 12.2 Å². The van der Waals surface area contributed by atoms with E-state index >= 15 is 0 Å². The molecule has 0 saturated heterocycles. The number of nitrogens with one attached hydrogen (secondary N) is 2. The monoisotopic (exact) mass is 421 g/mol. The molecule has 0 bridgehead atoms. The fourth-order valence-corrected chi connectivity index (χ4v) is 4.31. The van der Waals surface area contributed by atoms with E-state index in [1.54, 1.807) is 0 Å². The molecule has 2 aromatic heterocycles. The lowest BCUT2D eigenvalue weighted by molar-refractivity contribution is -0.136. The van der Waals surface area contributed by atoms with Crippen molar-refractivity contribution in [1.29, 1.82) is 0 Å². The minimum atomic E-state index is -4.43. The van der Waals surface area contributed by atoms with Crippen LogP contribution in [0.1, 0.15) is 36.5 Å². The number of aromatic nitrogens is 2. The van der Waals surface area contributed by atoms with Gasteiger partial charge in [0.2, 0.25) is 5.91 Å². The van der Waals surface area contributed by atoms with E-state index < -0.39 is 18.6 Å². The third-order valence-electron chi connectivity index (χ3n) is 4.12. The number of hydrogen-bond acceptors (Lipinski definition) is 5. The predicted molar refractivity (Wildman–Crippen MR) is 103 cm³/mol. The Hall–Kier alpha value is -1.55. The van der Waals surface area contributed by atoms with Gasteiger partial charge in [0, 0.05) is 4.88 Å². The van der Waals surface area contributed by atoms with Gasteiger partial charge in [0.15, 0.2) is 0 Å². The molecule has 0 aliphatic rings. The molecule has 0 saturated carbocycles. The zero-order valence-corrected chi connectivity index (χ0v) is 17.0. The average Bonchev–Trinajstić information content (AvgIpc) is 2.88. The number of thiophene rings is 1. The maximum atomic E-state index is 12.5. The smallest absolute Gasteiger partial charge is 0.346 e. The van der Waals surface area contributed by atoms with Gasteiger partial charge in [0.1, 0.15) is 17.2 Å². The Morgan fingerprint density at radius 1 is 1.41 bits per heavy atom. The Morgan fingerprint density at radius 2 is 2.11 bits per heavy atom. The molecule has 10 heteroatoms. The van der Waals surface area contributed by atoms with Gasteiger partial charge < -0.3 is 10.3 Å². The van der Waals surface area contributed by atoms with E-state index in [0.29, 0.717) is 22.0 Å². The highest BCUT2D eigenvalue weighted by Gasteiger charge is 2.27. The lowest BCUT2D eigenvalue weighted by Gasteiger charge is -2.08. The molecule has 0 fully saturated rings. The van der Waals surface area contributed by atoms with Gasteiger partial charge in [0.05, 0.1) is 16.9 Å². The predicted octanol–water partition coefficient (Wildman–Crippen LogP) is 3.79. The summed E-state index contributed by atoms with van der Waals surface area (Å²) in [7, 11) is 0. The Balaban J connectivity index is 2.04. The fourth-order valence-electron chi connectivity index (χ4n) is 2.52. The fraction of sp³-hybridized carbons (Fsp3) is 0.588. The molecule has 27 heavy (non-hydrogen) atoms. The first-order valence-electron chi connectivity index (χ1n) is 8.53. The molecule has 0 radical (unpaired) electrons. The van der Waals surface area contributed by atoms with Gasteiger partial charge in [-0.2, -0.15) is 13.2 Å². The molecule has 2 rings (SSSR count). The third kappa shape index (κ3) is 6.24. The molecule has 150 valence electrons. The standard InChI is InChI=1S/C17H22F3N3O2S2/c1-4-9(2)5-11-10(3)27-16-14(11)15(25)22-12(23-16)6-26-7-13(24)21-8-17(18,19)20/h9H,4-8H2,1-3H3,(H,21,24)(H,22,23,25)/t9-/m0/s1. The summed E-state index contributed by atoms with van der Waals surface area (Å²) in [5, 5.41) is 2.43. The second-order valence-electron chi connectivity index (χ2n) is 6.43. The number of hydrogen-bond donors (Lipinski definition) is 2. The van der Waals surface area contributed by atoms with Crippen molar-refractivity contribution in [2.24, 2.45) is 5.92 Å². The normalized spacial score (nSPS) is 13.1. The number of carbonyl (C=O) groups is 1. The quantitative estimate of drug-likeness (QED) is 0.680. The third-order valence-corrected chi connectivity index (χ3v) is 6.10. The minimum Gasteiger partial charge on any atom is -0.346 e. The van der Waals surface area contributed by atoms with E-state index in [9.17, 15) is 22.8 Å². The summed E-state index contributed by atoms with van der Waals surface area (Å²) in [5.74, 6) is 0.274. The summed E-state index contributed by atoms with van der Waals surface area (Å²) in [6, 6.07) is 0. The topological polar surface area (TPSA) is 74.8 Å². The molecule has 0 aliphatic carbocycles. The van der Waals surface area contributed by atoms with Crippen LogP contribution in [-0.2, 0) is 17.0 Å². The molecule has 0 aliphatic heterocycles. The number of nitrogens with zero attached hydrogens (tertiary/aromatic N) is 1. The Bertz CT molecular complexity index is 861. The van der Waals surface area contributed by atoms with Crippen molar-refractivity contribution >= 4 is 39.2 Å². The van der Waals surface area contributed by atoms with Gasteiger partial charge >= 0.3 is 6.18 Å². The molecule has 0 aromatic carbocycles. The number of halogens is 3. The van der Waals surface area contributed by atoms with Crippen LogP contribution >= 0.6 is 23.1 Å². The summed E-state index contributed by atoms with van der Waals surface area (Å²) in [6.07, 6.45) is -2.59. The first kappa shape index (κ1) is 21.7. The van der Waals surface area contributed by atoms with Crippen molar-refractivity contribution in [3.05, 3.63) is 26.6 Å². The van der Waals surface area contributed by atoms with Crippen LogP contribution in [-0.4, -0.2) is 34.3 Å². The second kappa shape index (κ2) is 9.09. The second-order valence-corrected chi connectivity index (χ2v) is 8.62. The maximum absolute atomic E-state index is 12.5. The van der Waals surface area contributed by atoms with Crippen molar-refractivity contribution < 1.29 is 18.0 Å². The number of amides is 1. The Labute approximate surface area is 163 Å². The van der Waals surface area contributed by atoms with Crippen LogP contribution in [0.4, 0.5) is 13.2 Å². The molecule has 2 aromatic rings. The molecule has 5 nitrogen and oxygen atoms in total. The van der Waals surface area contributed by atoms with Crippen LogP contribution in [0.5, 0.6) is 0 Å². The van der Waals surface area contributed by atoms with Gasteiger partial charge in [-0.1, -0.05) is 20.3 Å². The highest BCUT2D eigenvalue weighted by atomic mass is 32.2. The minimum absolute atomic E-state index is 0.138. The summed E-state index contributed by atoms with van der Waals surface area (Å²) < 4.78 is 36.2. The number of H-pyrrole nitrogens is 1. The number of aryl methyl sites for hydroxylation is 1. The SMILES string of the molecule is CC[C@H](C)Cc1c(C)sc2nc(CSCC(=O)NCC(F)(F)F)[nH]c(=O)c12. The van der Waals surface area contributed by atoms with Crippen molar-refractivity contribution in [3.8, 4) is 0 Å². The summed E-state index contributed by atoms with van der Waals surface area (Å²) >= 11 is 2.57. The van der Waals surface area contributed by atoms with Crippen LogP contribution in [0.3, 0.4) is 0 Å². The molecule has 1 atom stereocenters. The lowest BCUT2D eigenvalue weighted by atomic mass is 9.98. The Kier molecular flexibility index (Phi) is 7.32. The van der Waals surface area contributed by atoms with Crippen molar-refractivity contribution in [2.75, 3.05) is 12.3 Å². The maximum Gasteiger partial charge on any atom is 0.405 e. The highest BCUT2D eigenvalue weighted by molar-refractivity contribution is 7.99. The highest BCUT2D eigenvalue weighted by Crippen LogP contribution is 2.29. The summed E-state index contributed by atoms with van der Waals surface area (Å²) in [4.78, 5) is 32.9. The number of fused-ring (bicyclic) bond motifs is 1. The molecule has 0 spiro atoms. The van der Waals surface area contributed by atoms with Crippen LogP contribution in [0.15, 0.2) is 4.79 Å². The van der Waals surface area contributed by atoms with E-state index in [1.165, 1.54) is 11.3 Å². The number of carbonyl (C=O) groups excluding carboxylic acids is 1. The first-order valence-corrected chi connectivity index (χ1v) is 10.5. The largest absolute Gasteiger partial charge is 0.405 e. The van der Waals surface area contributed by atoms with Gasteiger partial charge in [-0.3, -0.25) is 9.59 Å². The van der Waals surface area contributed by atoms with Crippen LogP contribution < -0.4 is 10.9 Å². The zero-order valence-electron chi connectivity index (χ0n) is 15.3. The lowest BCUT2D eigenvalue weighted by Crippen LogP contribution is -2.34. The summed E-state index contributed by atoms with van der Waals surface area (Å²) in [6.45, 7) is 4.88. The van der Waals surface area contributed by atoms with Crippen molar-refractivity contribution in [3.63, 3.8) is 0 Å². The summed E-state index contributed by atoms with van der Waals surface area (Å²) in [5.41, 5.74) is 0.823. The van der Waals surface area contributed by atoms with E-state index in [-0.39, 0.29) is 17.1 Å². The van der Waals surface area contributed by atoms with E-state index in [4.69, 9.17) is 0 Å². The van der Waals surface area contributed by atoms with Crippen LogP contribution in [0.25, 0.3) is 10.2 Å². The number of thioether (sulfide) groups is 1. The first-order chi connectivity index (χ1) is 12.6. The van der Waals surface area contributed by atoms with Gasteiger partial charge in [-0.05, 0) is 24.8 Å². The van der Waals surface area contributed by atoms with Crippen LogP contribution in [0.2, 0.25) is 0 Å². The van der Waals surface area contributed by atoms with Gasteiger partial charge in [0.25, 0.3) is 5.56 Å². The van der Waals surface area contributed by atoms with Crippen molar-refractivity contribution in [2.45, 2.75) is 45.5 Å². The average molecular weight is 422 g/mol. The molecule has 2 N–H and O–H groups in total. The van der Waals surface area contributed by atoms with Gasteiger partial charge in [-0.25, -0.2) is 4.98 Å². The van der Waals surface area contributed by atoms with Crippen LogP contribution in [0, 0.1) is 12.8 Å². The van der Waals surface area contributed by atoms with Gasteiger partial charge in [-0.15, -0.1) is 23.1 Å². The van der Waals surface area contributed by atoms with E-state index in [0.717, 1.165) is 35.0 Å². The number of aromatic amines is 1. The molecule has 0 unspecified atom stereocenters. The zero-order chi connectivity index (χ0) is 20.2. The number of alkyl halides is 3. The Morgan fingerprint density at radius 3 is 2.74 bits per heavy atom. The number of rotatable bonds is 8. The molecule has 2 heterocycles. The molecular formula is C17H22F3N3O2S2. The molecular weight excluding hydrogens is 399 g/mol. The molecule has 1 amide bonds. The van der Waals surface area contributed by atoms with Crippen molar-refractivity contribution in [1.82, 2.24) is 15.3 Å². The van der Waals surface area contributed by atoms with E-state index in [2.05, 4.69) is 23.8 Å².